The number of nitrogens with zero attached hydrogens (tertiary/aromatic N) is 2. The minimum Gasteiger partial charge on any atom is -0.496 e. The van der Waals surface area contributed by atoms with Gasteiger partial charge < -0.3 is 23.9 Å². The summed E-state index contributed by atoms with van der Waals surface area (Å²) < 4.78 is 12.8. The number of methoxy groups -OCH3 is 1. The van der Waals surface area contributed by atoms with Crippen LogP contribution in [-0.4, -0.2) is 31.2 Å². The first-order valence-corrected chi connectivity index (χ1v) is 10.2. The Kier molecular flexibility index (Phi) is 6.83. The number of anilines is 1. The Bertz CT molecular complexity index is 1110. The van der Waals surface area contributed by atoms with Crippen molar-refractivity contribution >= 4 is 11.7 Å². The number of nitrogens with one attached hydrogen (secondary N) is 2. The molecule has 2 heterocycles. The number of ether oxygens (including phenoxy) is 1. The topological polar surface area (TPSA) is 84.6 Å². The maximum absolute atomic E-state index is 12.9. The number of aromatic nitrogens is 1. The van der Waals surface area contributed by atoms with Crippen LogP contribution in [0.1, 0.15) is 33.7 Å². The van der Waals surface area contributed by atoms with Gasteiger partial charge in [-0.1, -0.05) is 11.6 Å². The van der Waals surface area contributed by atoms with Crippen LogP contribution in [-0.2, 0) is 17.9 Å². The molecule has 0 aliphatic carbocycles. The molecule has 7 nitrogen and oxygen atoms in total. The molecule has 3 aromatic rings. The van der Waals surface area contributed by atoms with Gasteiger partial charge in [-0.05, 0) is 50.6 Å². The molecule has 2 aromatic heterocycles. The average Bonchev–Trinajstić information content (AvgIpc) is 3.31. The number of quaternary nitrogens is 1. The van der Waals surface area contributed by atoms with E-state index in [0.717, 1.165) is 38.8 Å². The van der Waals surface area contributed by atoms with Crippen LogP contribution < -0.4 is 15.0 Å². The lowest BCUT2D eigenvalue weighted by atomic mass is 10.1. The summed E-state index contributed by atoms with van der Waals surface area (Å²) in [6.45, 7) is 7.22. The zero-order valence-corrected chi connectivity index (χ0v) is 18.7. The molecule has 0 spiro atoms. The fourth-order valence-corrected chi connectivity index (χ4v) is 3.77. The van der Waals surface area contributed by atoms with Gasteiger partial charge in [-0.2, -0.15) is 5.26 Å². The summed E-state index contributed by atoms with van der Waals surface area (Å²) in [5.74, 6) is 1.93. The summed E-state index contributed by atoms with van der Waals surface area (Å²) in [4.78, 5) is 13.9. The monoisotopic (exact) mass is 421 g/mol. The number of hydrogen-bond donors (Lipinski definition) is 2. The van der Waals surface area contributed by atoms with Crippen molar-refractivity contribution in [3.05, 3.63) is 70.3 Å². The molecule has 1 aromatic carbocycles. The smallest absolute Gasteiger partial charge is 0.280 e. The van der Waals surface area contributed by atoms with Crippen LogP contribution in [0, 0.1) is 32.1 Å². The number of nitriles is 1. The highest BCUT2D eigenvalue weighted by Crippen LogP contribution is 2.27. The van der Waals surface area contributed by atoms with Crippen LogP contribution in [0.5, 0.6) is 5.75 Å². The molecule has 0 bridgehead atoms. The van der Waals surface area contributed by atoms with Gasteiger partial charge in [0.15, 0.2) is 6.54 Å². The maximum Gasteiger partial charge on any atom is 0.280 e. The number of aryl methyl sites for hydroxylation is 1. The quantitative estimate of drug-likeness (QED) is 0.586. The number of benzene rings is 1. The Morgan fingerprint density at radius 2 is 2.06 bits per heavy atom. The predicted octanol–water partition coefficient (Wildman–Crippen LogP) is 2.59. The minimum atomic E-state index is -0.154. The van der Waals surface area contributed by atoms with E-state index < -0.39 is 0 Å². The summed E-state index contributed by atoms with van der Waals surface area (Å²) in [6.07, 6.45) is 1.61. The molecule has 2 N–H and O–H groups in total. The highest BCUT2D eigenvalue weighted by atomic mass is 16.5. The zero-order valence-electron chi connectivity index (χ0n) is 18.7. The Labute approximate surface area is 182 Å². The van der Waals surface area contributed by atoms with Gasteiger partial charge in [0.05, 0.1) is 32.5 Å². The molecule has 1 amide bonds. The van der Waals surface area contributed by atoms with Crippen molar-refractivity contribution in [2.24, 2.45) is 0 Å². The highest BCUT2D eigenvalue weighted by Gasteiger charge is 2.22. The molecule has 1 unspecified atom stereocenters. The molecular weight excluding hydrogens is 392 g/mol. The molecule has 162 valence electrons. The maximum atomic E-state index is 12.9. The van der Waals surface area contributed by atoms with Crippen molar-refractivity contribution in [3.8, 4) is 11.8 Å². The lowest BCUT2D eigenvalue weighted by Gasteiger charge is -2.17. The van der Waals surface area contributed by atoms with Gasteiger partial charge in [0.1, 0.15) is 29.9 Å². The molecule has 0 fully saturated rings. The minimum absolute atomic E-state index is 0.154. The third kappa shape index (κ3) is 4.98. The fraction of sp³-hybridized carbons (Fsp3) is 0.333. The lowest BCUT2D eigenvalue weighted by molar-refractivity contribution is -0.885. The standard InChI is InChI=1S/C24H28N4O3/c1-16-8-9-22(30-5)19(11-16)13-27(4)15-23(29)26-24-21(12-25)17(2)18(3)28(24)14-20-7-6-10-31-20/h6-11H,13-15H2,1-5H3,(H,26,29)/p+1. The number of carbonyl (C=O) groups excluding carboxylic acids is 1. The molecule has 0 radical (unpaired) electrons. The normalized spacial score (nSPS) is 11.7. The Hall–Kier alpha value is -3.50. The van der Waals surface area contributed by atoms with E-state index in [1.165, 1.54) is 0 Å². The number of hydrogen-bond acceptors (Lipinski definition) is 4. The van der Waals surface area contributed by atoms with E-state index in [0.29, 0.717) is 24.5 Å². The first-order chi connectivity index (χ1) is 14.8. The van der Waals surface area contributed by atoms with Gasteiger partial charge >= 0.3 is 0 Å². The molecule has 0 aliphatic rings. The van der Waals surface area contributed by atoms with Gasteiger partial charge in [-0.15, -0.1) is 0 Å². The molecule has 1 atom stereocenters. The molecular formula is C24H29N4O3+. The van der Waals surface area contributed by atoms with E-state index in [1.54, 1.807) is 13.4 Å². The van der Waals surface area contributed by atoms with E-state index in [1.807, 2.05) is 56.7 Å². The number of likely N-dealkylation sites (N-methyl/N-ethyl adjacent to an activating group) is 1. The first kappa shape index (κ1) is 22.2. The average molecular weight is 422 g/mol. The molecule has 0 saturated carbocycles. The second-order valence-corrected chi connectivity index (χ2v) is 7.89. The van der Waals surface area contributed by atoms with E-state index in [2.05, 4.69) is 17.5 Å². The Balaban J connectivity index is 1.76. The fourth-order valence-electron chi connectivity index (χ4n) is 3.77. The third-order valence-electron chi connectivity index (χ3n) is 5.48. The SMILES string of the molecule is COc1ccc(C)cc1C[NH+](C)CC(=O)Nc1c(C#N)c(C)c(C)n1Cc1ccco1. The summed E-state index contributed by atoms with van der Waals surface area (Å²) in [5, 5.41) is 12.6. The second-order valence-electron chi connectivity index (χ2n) is 7.89. The molecule has 0 saturated heterocycles. The van der Waals surface area contributed by atoms with Gasteiger partial charge in [0.25, 0.3) is 5.91 Å². The lowest BCUT2D eigenvalue weighted by Crippen LogP contribution is -3.08. The van der Waals surface area contributed by atoms with Gasteiger partial charge in [-0.3, -0.25) is 4.79 Å². The van der Waals surface area contributed by atoms with Gasteiger partial charge in [0.2, 0.25) is 0 Å². The Morgan fingerprint density at radius 1 is 1.29 bits per heavy atom. The Morgan fingerprint density at radius 3 is 2.71 bits per heavy atom. The largest absolute Gasteiger partial charge is 0.496 e. The van der Waals surface area contributed by atoms with Crippen LogP contribution in [0.25, 0.3) is 0 Å². The summed E-state index contributed by atoms with van der Waals surface area (Å²) in [5.41, 5.74) is 4.46. The van der Waals surface area contributed by atoms with Crippen molar-refractivity contribution in [2.75, 3.05) is 26.0 Å². The van der Waals surface area contributed by atoms with Crippen molar-refractivity contribution in [3.63, 3.8) is 0 Å². The predicted molar refractivity (Wildman–Crippen MR) is 118 cm³/mol. The highest BCUT2D eigenvalue weighted by molar-refractivity contribution is 5.92. The van der Waals surface area contributed by atoms with Crippen LogP contribution in [0.2, 0.25) is 0 Å². The van der Waals surface area contributed by atoms with Crippen molar-refractivity contribution in [2.45, 2.75) is 33.9 Å². The van der Waals surface area contributed by atoms with E-state index >= 15 is 0 Å². The van der Waals surface area contributed by atoms with E-state index in [-0.39, 0.29) is 12.5 Å². The molecule has 3 rings (SSSR count). The van der Waals surface area contributed by atoms with Crippen molar-refractivity contribution in [1.82, 2.24) is 4.57 Å². The van der Waals surface area contributed by atoms with E-state index in [4.69, 9.17) is 9.15 Å². The summed E-state index contributed by atoms with van der Waals surface area (Å²) >= 11 is 0. The van der Waals surface area contributed by atoms with Crippen molar-refractivity contribution in [1.29, 1.82) is 5.26 Å². The molecule has 0 aliphatic heterocycles. The van der Waals surface area contributed by atoms with Crippen LogP contribution >= 0.6 is 0 Å². The number of furan rings is 1. The first-order valence-electron chi connectivity index (χ1n) is 10.2. The molecule has 7 heteroatoms. The zero-order chi connectivity index (χ0) is 22.5. The van der Waals surface area contributed by atoms with Crippen molar-refractivity contribution < 1.29 is 18.8 Å². The van der Waals surface area contributed by atoms with Gasteiger partial charge in [-0.25, -0.2) is 0 Å². The summed E-state index contributed by atoms with van der Waals surface area (Å²) in [7, 11) is 3.61. The van der Waals surface area contributed by atoms with Crippen LogP contribution in [0.3, 0.4) is 0 Å². The summed E-state index contributed by atoms with van der Waals surface area (Å²) in [6, 6.07) is 12.0. The number of amides is 1. The van der Waals surface area contributed by atoms with Gasteiger partial charge in [0, 0.05) is 11.3 Å². The number of rotatable bonds is 8. The third-order valence-corrected chi connectivity index (χ3v) is 5.48. The van der Waals surface area contributed by atoms with Crippen LogP contribution in [0.15, 0.2) is 41.0 Å². The van der Waals surface area contributed by atoms with Crippen LogP contribution in [0.4, 0.5) is 5.82 Å². The second kappa shape index (κ2) is 9.54. The van der Waals surface area contributed by atoms with E-state index in [9.17, 15) is 10.1 Å². The number of carbonyl (C=O) groups is 1. The molecule has 31 heavy (non-hydrogen) atoms.